The molecule has 225 valence electrons. The maximum Gasteiger partial charge on any atom is 0.215 e. The van der Waals surface area contributed by atoms with Gasteiger partial charge in [-0.15, -0.1) is 53.6 Å². The van der Waals surface area contributed by atoms with E-state index in [9.17, 15) is 0 Å². The number of aromatic nitrogens is 5. The van der Waals surface area contributed by atoms with Crippen molar-refractivity contribution in [1.29, 1.82) is 0 Å². The van der Waals surface area contributed by atoms with Crippen LogP contribution in [-0.4, -0.2) is 32.6 Å². The van der Waals surface area contributed by atoms with Crippen molar-refractivity contribution in [1.82, 2.24) is 24.5 Å². The number of rotatable bonds is 5. The molecule has 0 aliphatic rings. The normalized spacial score (nSPS) is 11.5. The number of furan rings is 1. The first-order valence-electron chi connectivity index (χ1n) is 14.6. The molecule has 0 saturated carbocycles. The van der Waals surface area contributed by atoms with E-state index >= 15 is 0 Å². The third-order valence-electron chi connectivity index (χ3n) is 7.52. The predicted molar refractivity (Wildman–Crippen MR) is 178 cm³/mol. The molecule has 0 amide bonds. The number of fused-ring (bicyclic) bond motifs is 4. The smallest absolute Gasteiger partial charge is 0.215 e. The van der Waals surface area contributed by atoms with Crippen molar-refractivity contribution in [2.45, 2.75) is 39.9 Å². The molecule has 5 heterocycles. The van der Waals surface area contributed by atoms with Gasteiger partial charge < -0.3 is 14.0 Å². The summed E-state index contributed by atoms with van der Waals surface area (Å²) in [6.07, 6.45) is 8.53. The van der Waals surface area contributed by atoms with Crippen LogP contribution in [0.3, 0.4) is 0 Å². The molecule has 6 nitrogen and oxygen atoms in total. The fourth-order valence-corrected chi connectivity index (χ4v) is 7.02. The first-order valence-corrected chi connectivity index (χ1v) is 18.1. The molecule has 1 radical (unpaired) electrons. The van der Waals surface area contributed by atoms with Gasteiger partial charge in [0.1, 0.15) is 0 Å². The van der Waals surface area contributed by atoms with Crippen LogP contribution in [0.4, 0.5) is 0 Å². The molecule has 0 N–H and O–H groups in total. The van der Waals surface area contributed by atoms with Gasteiger partial charge >= 0.3 is 0 Å². The van der Waals surface area contributed by atoms with Crippen molar-refractivity contribution in [2.24, 2.45) is 13.0 Å². The average molecular weight is 774 g/mol. The van der Waals surface area contributed by atoms with Gasteiger partial charge in [0.15, 0.2) is 0 Å². The average Bonchev–Trinajstić information content (AvgIpc) is 3.54. The van der Waals surface area contributed by atoms with Gasteiger partial charge in [-0.05, 0) is 35.4 Å². The number of benzene rings is 2. The Balaban J connectivity index is 0.000000173. The van der Waals surface area contributed by atoms with E-state index in [0.717, 1.165) is 56.5 Å². The van der Waals surface area contributed by atoms with Crippen LogP contribution in [-0.2, 0) is 33.6 Å². The molecule has 0 saturated heterocycles. The molecule has 0 atom stereocenters. The van der Waals surface area contributed by atoms with Crippen molar-refractivity contribution in [2.75, 3.05) is 0 Å². The fraction of sp³-hybridized carbons (Fsp3) is 0.222. The van der Waals surface area contributed by atoms with Crippen molar-refractivity contribution in [3.63, 3.8) is 0 Å². The summed E-state index contributed by atoms with van der Waals surface area (Å²) in [5.74, 6) is 1.50. The van der Waals surface area contributed by atoms with Crippen LogP contribution in [0.2, 0.25) is 19.6 Å². The third kappa shape index (κ3) is 6.43. The van der Waals surface area contributed by atoms with Gasteiger partial charge in [0.25, 0.3) is 0 Å². The van der Waals surface area contributed by atoms with Gasteiger partial charge in [-0.3, -0.25) is 9.97 Å². The Morgan fingerprint density at radius 1 is 0.909 bits per heavy atom. The molecule has 0 fully saturated rings. The summed E-state index contributed by atoms with van der Waals surface area (Å²) in [4.78, 5) is 17.8. The van der Waals surface area contributed by atoms with E-state index in [0.29, 0.717) is 11.6 Å². The van der Waals surface area contributed by atoms with Gasteiger partial charge in [-0.2, -0.15) is 0 Å². The Morgan fingerprint density at radius 3 is 2.48 bits per heavy atom. The number of imidazole rings is 1. The van der Waals surface area contributed by atoms with Gasteiger partial charge in [0.2, 0.25) is 5.71 Å². The summed E-state index contributed by atoms with van der Waals surface area (Å²) in [5.41, 5.74) is 7.82. The minimum absolute atomic E-state index is 0. The molecular formula is C36H35IrN5OSi-2. The number of aryl methyl sites for hydroxylation is 1. The first-order chi connectivity index (χ1) is 20.7. The van der Waals surface area contributed by atoms with Crippen LogP contribution in [0.15, 0.2) is 89.9 Å². The predicted octanol–water partition coefficient (Wildman–Crippen LogP) is 8.02. The summed E-state index contributed by atoms with van der Waals surface area (Å²) >= 11 is 0. The van der Waals surface area contributed by atoms with E-state index in [2.05, 4.69) is 83.9 Å². The number of pyridine rings is 3. The van der Waals surface area contributed by atoms with E-state index in [4.69, 9.17) is 4.42 Å². The molecule has 2 aromatic carbocycles. The van der Waals surface area contributed by atoms with E-state index in [1.165, 1.54) is 10.8 Å². The number of nitrogens with zero attached hydrogens (tertiary/aromatic N) is 5. The second-order valence-corrected chi connectivity index (χ2v) is 17.3. The first kappa shape index (κ1) is 31.5. The second kappa shape index (κ2) is 12.9. The minimum Gasteiger partial charge on any atom is -0.458 e. The topological polar surface area (TPSA) is 69.6 Å². The summed E-state index contributed by atoms with van der Waals surface area (Å²) in [5, 5.41) is 3.50. The van der Waals surface area contributed by atoms with Crippen LogP contribution in [0.1, 0.15) is 19.4 Å². The van der Waals surface area contributed by atoms with Crippen LogP contribution >= 0.6 is 0 Å². The van der Waals surface area contributed by atoms with E-state index < -0.39 is 8.07 Å². The Bertz CT molecular complexity index is 2040. The van der Waals surface area contributed by atoms with Gasteiger partial charge in [-0.25, -0.2) is 4.98 Å². The molecule has 0 aliphatic heterocycles. The Kier molecular flexibility index (Phi) is 9.25. The molecule has 0 aliphatic carbocycles. The molecule has 8 heteroatoms. The zero-order valence-corrected chi connectivity index (χ0v) is 29.2. The molecule has 7 rings (SSSR count). The van der Waals surface area contributed by atoms with E-state index in [-0.39, 0.29) is 20.1 Å². The largest absolute Gasteiger partial charge is 0.458 e. The SMILES string of the molecule is CC(C)Cc1cc(-c2[c-]cccc2)ncc1[Si](C)(C)C.Cn1c(-c2[c-]cc3c(c2)oc2ncccc23)nc2ccncc21.[Ir]. The zero-order valence-electron chi connectivity index (χ0n) is 25.8. The summed E-state index contributed by atoms with van der Waals surface area (Å²) in [6, 6.07) is 26.7. The van der Waals surface area contributed by atoms with Gasteiger partial charge in [0.05, 0.1) is 36.7 Å². The molecule has 7 aromatic rings. The fourth-order valence-electron chi connectivity index (χ4n) is 5.43. The van der Waals surface area contributed by atoms with Crippen molar-refractivity contribution < 1.29 is 24.5 Å². The standard InChI is InChI=1S/C18H11N4O.C18H24NSi.Ir/c1-22-15-10-19-8-6-14(15)21-17(22)11-4-5-12-13-3-2-7-20-18(13)23-16(12)9-11;1-14(2)11-16-12-17(15-9-7-6-8-10-15)19-13-18(16)20(3,4)5;/h2-3,5-10H,1H3;6-9,12-14H,11H2,1-5H3;/q2*-1;. The monoisotopic (exact) mass is 774 g/mol. The van der Waals surface area contributed by atoms with Crippen LogP contribution in [0.5, 0.6) is 0 Å². The van der Waals surface area contributed by atoms with Crippen molar-refractivity contribution in [3.8, 4) is 22.6 Å². The third-order valence-corrected chi connectivity index (χ3v) is 9.58. The van der Waals surface area contributed by atoms with Crippen molar-refractivity contribution in [3.05, 3.63) is 103 Å². The Morgan fingerprint density at radius 2 is 1.75 bits per heavy atom. The van der Waals surface area contributed by atoms with Crippen LogP contribution < -0.4 is 5.19 Å². The quantitative estimate of drug-likeness (QED) is 0.131. The van der Waals surface area contributed by atoms with Gasteiger partial charge in [0, 0.05) is 51.1 Å². The maximum absolute atomic E-state index is 5.85. The van der Waals surface area contributed by atoms with Crippen LogP contribution in [0, 0.1) is 18.1 Å². The maximum atomic E-state index is 5.85. The summed E-state index contributed by atoms with van der Waals surface area (Å²) < 4.78 is 7.86. The Labute approximate surface area is 273 Å². The minimum atomic E-state index is -1.34. The van der Waals surface area contributed by atoms with E-state index in [1.807, 2.05) is 66.3 Å². The number of hydrogen-bond acceptors (Lipinski definition) is 5. The zero-order chi connectivity index (χ0) is 30.1. The van der Waals surface area contributed by atoms with Crippen LogP contribution in [0.25, 0.3) is 55.7 Å². The molecular weight excluding hydrogens is 739 g/mol. The van der Waals surface area contributed by atoms with Crippen molar-refractivity contribution >= 4 is 46.4 Å². The molecule has 0 unspecified atom stereocenters. The molecule has 5 aromatic heterocycles. The molecule has 44 heavy (non-hydrogen) atoms. The Hall–Kier alpha value is -3.97. The van der Waals surface area contributed by atoms with E-state index in [1.54, 1.807) is 12.4 Å². The summed E-state index contributed by atoms with van der Waals surface area (Å²) in [7, 11) is 0.635. The second-order valence-electron chi connectivity index (χ2n) is 12.3. The number of hydrogen-bond donors (Lipinski definition) is 0. The molecule has 0 spiro atoms. The summed E-state index contributed by atoms with van der Waals surface area (Å²) in [6.45, 7) is 11.7. The van der Waals surface area contributed by atoms with Gasteiger partial charge in [-0.1, -0.05) is 62.6 Å². The molecule has 0 bridgehead atoms.